The molecule has 2 aromatic carbocycles. The van der Waals surface area contributed by atoms with Crippen LogP contribution in [0.4, 0.5) is 26.3 Å². The van der Waals surface area contributed by atoms with Crippen LogP contribution in [0.15, 0.2) is 48.5 Å². The molecule has 0 bridgehead atoms. The molecule has 0 saturated carbocycles. The molecule has 4 nitrogen and oxygen atoms in total. The molecular weight excluding hydrogens is 524 g/mol. The van der Waals surface area contributed by atoms with Crippen LogP contribution in [0, 0.1) is 0 Å². The van der Waals surface area contributed by atoms with E-state index in [9.17, 15) is 26.3 Å². The highest BCUT2D eigenvalue weighted by molar-refractivity contribution is 6.62. The number of alkyl halides is 6. The highest BCUT2D eigenvalue weighted by Crippen LogP contribution is 2.56. The van der Waals surface area contributed by atoms with E-state index in [-0.39, 0.29) is 0 Å². The van der Waals surface area contributed by atoms with E-state index in [1.165, 1.54) is 24.3 Å². The van der Waals surface area contributed by atoms with Gasteiger partial charge in [-0.3, -0.25) is 0 Å². The van der Waals surface area contributed by atoms with Crippen LogP contribution in [0.3, 0.4) is 0 Å². The quantitative estimate of drug-likeness (QED) is 0.358. The zero-order valence-corrected chi connectivity index (χ0v) is 23.2. The summed E-state index contributed by atoms with van der Waals surface area (Å²) in [5, 5.41) is 0. The smallest absolute Gasteiger partial charge is 0.399 e. The van der Waals surface area contributed by atoms with Crippen molar-refractivity contribution in [3.63, 3.8) is 0 Å². The van der Waals surface area contributed by atoms with Gasteiger partial charge in [-0.2, -0.15) is 26.3 Å². The molecule has 12 heteroatoms. The molecule has 212 valence electrons. The summed E-state index contributed by atoms with van der Waals surface area (Å²) in [4.78, 5) is 0. The van der Waals surface area contributed by atoms with Crippen LogP contribution in [-0.4, -0.2) is 49.0 Å². The van der Waals surface area contributed by atoms with Crippen molar-refractivity contribution in [1.82, 2.24) is 0 Å². The number of benzene rings is 2. The average Bonchev–Trinajstić information content (AvgIpc) is 3.12. The van der Waals surface area contributed by atoms with E-state index in [1.807, 2.05) is 0 Å². The van der Waals surface area contributed by atoms with E-state index in [0.717, 1.165) is 24.3 Å². The maximum Gasteiger partial charge on any atom is 0.494 e. The summed E-state index contributed by atoms with van der Waals surface area (Å²) >= 11 is 0. The van der Waals surface area contributed by atoms with Gasteiger partial charge in [-0.1, -0.05) is 48.5 Å². The van der Waals surface area contributed by atoms with Gasteiger partial charge < -0.3 is 18.6 Å². The highest BCUT2D eigenvalue weighted by Gasteiger charge is 2.72. The summed E-state index contributed by atoms with van der Waals surface area (Å²) in [6.45, 7) is 14.4. The Kier molecular flexibility index (Phi) is 6.91. The van der Waals surface area contributed by atoms with Crippen molar-refractivity contribution in [2.45, 2.75) is 95.6 Å². The molecule has 2 heterocycles. The Bertz CT molecular complexity index is 1080. The van der Waals surface area contributed by atoms with Gasteiger partial charge in [-0.25, -0.2) is 0 Å². The number of halogens is 6. The fraction of sp³-hybridized carbons (Fsp3) is 0.556. The van der Waals surface area contributed by atoms with Crippen molar-refractivity contribution in [3.8, 4) is 0 Å². The van der Waals surface area contributed by atoms with E-state index in [1.54, 1.807) is 55.4 Å². The lowest BCUT2D eigenvalue weighted by Gasteiger charge is -2.38. The second kappa shape index (κ2) is 8.99. The van der Waals surface area contributed by atoms with E-state index < -0.39 is 65.5 Å². The minimum Gasteiger partial charge on any atom is -0.399 e. The molecule has 0 radical (unpaired) electrons. The zero-order chi connectivity index (χ0) is 29.4. The topological polar surface area (TPSA) is 36.9 Å². The second-order valence-corrected chi connectivity index (χ2v) is 12.2. The SMILES string of the molecule is CC1(C)OB(c2ccc(C(c3ccc(B4OC(C)(C)C(C)(C)O4)cc3)(C(F)(F)F)C(F)(F)F)cc2)OC1(C)C. The van der Waals surface area contributed by atoms with Crippen molar-refractivity contribution in [2.75, 3.05) is 0 Å². The van der Waals surface area contributed by atoms with Crippen LogP contribution in [-0.2, 0) is 24.0 Å². The maximum absolute atomic E-state index is 14.6. The molecule has 0 aromatic heterocycles. The minimum atomic E-state index is -5.71. The van der Waals surface area contributed by atoms with Crippen molar-refractivity contribution in [2.24, 2.45) is 0 Å². The van der Waals surface area contributed by atoms with Crippen molar-refractivity contribution < 1.29 is 45.0 Å². The largest absolute Gasteiger partial charge is 0.494 e. The van der Waals surface area contributed by atoms with Crippen LogP contribution in [0.5, 0.6) is 0 Å². The summed E-state index contributed by atoms with van der Waals surface area (Å²) < 4.78 is 111. The molecule has 39 heavy (non-hydrogen) atoms. The van der Waals surface area contributed by atoms with Gasteiger partial charge in [0.15, 0.2) is 0 Å². The lowest BCUT2D eigenvalue weighted by Crippen LogP contribution is -2.55. The van der Waals surface area contributed by atoms with Crippen molar-refractivity contribution in [1.29, 1.82) is 0 Å². The lowest BCUT2D eigenvalue weighted by molar-refractivity contribution is -0.288. The Hall–Kier alpha value is -2.01. The third-order valence-electron chi connectivity index (χ3n) is 8.59. The first-order valence-electron chi connectivity index (χ1n) is 12.6. The first kappa shape index (κ1) is 30.0. The monoisotopic (exact) mass is 556 g/mol. The summed E-state index contributed by atoms with van der Waals surface area (Å²) in [5.74, 6) is 0. The van der Waals surface area contributed by atoms with E-state index in [0.29, 0.717) is 10.9 Å². The van der Waals surface area contributed by atoms with Crippen LogP contribution in [0.25, 0.3) is 0 Å². The fourth-order valence-corrected chi connectivity index (χ4v) is 4.72. The molecule has 2 saturated heterocycles. The highest BCUT2D eigenvalue weighted by atomic mass is 19.4. The Labute approximate surface area is 225 Å². The molecule has 2 aliphatic heterocycles. The van der Waals surface area contributed by atoms with Gasteiger partial charge in [0.05, 0.1) is 22.4 Å². The molecule has 0 amide bonds. The van der Waals surface area contributed by atoms with Gasteiger partial charge in [0, 0.05) is 0 Å². The van der Waals surface area contributed by atoms with Gasteiger partial charge >= 0.3 is 26.6 Å². The first-order valence-corrected chi connectivity index (χ1v) is 12.6. The normalized spacial score (nSPS) is 22.4. The Balaban J connectivity index is 1.75. The molecule has 0 atom stereocenters. The summed E-state index contributed by atoms with van der Waals surface area (Å²) in [6.07, 6.45) is -11.4. The Morgan fingerprint density at radius 1 is 0.462 bits per heavy atom. The van der Waals surface area contributed by atoms with Crippen molar-refractivity contribution >= 4 is 25.2 Å². The lowest BCUT2D eigenvalue weighted by atomic mass is 9.69. The number of rotatable bonds is 4. The average molecular weight is 556 g/mol. The van der Waals surface area contributed by atoms with Gasteiger partial charge in [0.2, 0.25) is 5.41 Å². The van der Waals surface area contributed by atoms with Gasteiger partial charge in [0.1, 0.15) is 0 Å². The first-order chi connectivity index (χ1) is 17.6. The van der Waals surface area contributed by atoms with Crippen molar-refractivity contribution in [3.05, 3.63) is 59.7 Å². The van der Waals surface area contributed by atoms with Gasteiger partial charge in [-0.05, 0) is 77.4 Å². The van der Waals surface area contributed by atoms with E-state index >= 15 is 0 Å². The maximum atomic E-state index is 14.6. The third-order valence-corrected chi connectivity index (χ3v) is 8.59. The molecule has 4 rings (SSSR count). The summed E-state index contributed by atoms with van der Waals surface area (Å²) in [6, 6.07) is 8.08. The zero-order valence-electron chi connectivity index (χ0n) is 23.2. The van der Waals surface area contributed by atoms with E-state index in [2.05, 4.69) is 0 Å². The molecule has 0 aliphatic carbocycles. The molecule has 0 spiro atoms. The molecular formula is C27H32B2F6O4. The standard InChI is InChI=1S/C27H32B2F6O4/c1-21(2)22(3,4)37-28(36-21)19-13-9-17(10-14-19)25(26(30,31)32,27(33,34)35)18-11-15-20(16-12-18)29-38-23(5,6)24(7,8)39-29/h9-16H,1-8H3. The van der Waals surface area contributed by atoms with E-state index in [4.69, 9.17) is 18.6 Å². The van der Waals surface area contributed by atoms with Crippen LogP contribution in [0.2, 0.25) is 0 Å². The fourth-order valence-electron chi connectivity index (χ4n) is 4.72. The molecule has 0 N–H and O–H groups in total. The molecule has 0 unspecified atom stereocenters. The van der Waals surface area contributed by atoms with Crippen LogP contribution >= 0.6 is 0 Å². The Morgan fingerprint density at radius 2 is 0.692 bits per heavy atom. The predicted molar refractivity (Wildman–Crippen MR) is 137 cm³/mol. The minimum absolute atomic E-state index is 0.312. The van der Waals surface area contributed by atoms with Gasteiger partial charge in [-0.15, -0.1) is 0 Å². The second-order valence-electron chi connectivity index (χ2n) is 12.2. The predicted octanol–water partition coefficient (Wildman–Crippen LogP) is 5.70. The number of hydrogen-bond acceptors (Lipinski definition) is 4. The molecule has 2 fully saturated rings. The summed E-state index contributed by atoms with van der Waals surface area (Å²) in [7, 11) is -1.87. The molecule has 2 aliphatic rings. The summed E-state index contributed by atoms with van der Waals surface area (Å²) in [5.41, 5.74) is -8.49. The van der Waals surface area contributed by atoms with Gasteiger partial charge in [0.25, 0.3) is 0 Å². The third kappa shape index (κ3) is 4.71. The molecule has 2 aromatic rings. The Morgan fingerprint density at radius 3 is 0.897 bits per heavy atom. The van der Waals surface area contributed by atoms with Crippen LogP contribution < -0.4 is 10.9 Å². The number of hydrogen-bond donors (Lipinski definition) is 0. The van der Waals surface area contributed by atoms with Crippen LogP contribution in [0.1, 0.15) is 66.5 Å².